The Morgan fingerprint density at radius 2 is 2.00 bits per heavy atom. The van der Waals surface area contributed by atoms with Crippen LogP contribution in [0.4, 0.5) is 0 Å². The Hall–Kier alpha value is -0.810. The topological polar surface area (TPSA) is 71.1 Å². The Morgan fingerprint density at radius 3 is 2.58 bits per heavy atom. The molecule has 1 aliphatic rings. The van der Waals surface area contributed by atoms with Gasteiger partial charge in [-0.2, -0.15) is 0 Å². The molecule has 0 bridgehead atoms. The van der Waals surface area contributed by atoms with Crippen molar-refractivity contribution in [2.75, 3.05) is 32.8 Å². The summed E-state index contributed by atoms with van der Waals surface area (Å²) in [5.41, 5.74) is 5.94. The fraction of sp³-hybridized carbons (Fsp3) is 0.929. The van der Waals surface area contributed by atoms with E-state index in [-0.39, 0.29) is 0 Å². The van der Waals surface area contributed by atoms with Crippen LogP contribution < -0.4 is 5.73 Å². The molecule has 0 spiro atoms. The first kappa shape index (κ1) is 16.2. The number of aliphatic hydroxyl groups is 1. The van der Waals surface area contributed by atoms with Crippen molar-refractivity contribution in [1.29, 1.82) is 0 Å². The van der Waals surface area contributed by atoms with Gasteiger partial charge in [-0.05, 0) is 24.7 Å². The average Bonchev–Trinajstić information content (AvgIpc) is 2.36. The van der Waals surface area contributed by atoms with Crippen LogP contribution in [0.25, 0.3) is 0 Å². The Morgan fingerprint density at radius 1 is 1.37 bits per heavy atom. The molecule has 0 aromatic heterocycles. The second-order valence-electron chi connectivity index (χ2n) is 5.95. The molecule has 0 saturated carbocycles. The maximum atomic E-state index is 9.75. The van der Waals surface area contributed by atoms with E-state index in [1.807, 2.05) is 0 Å². The second kappa shape index (κ2) is 8.38. The van der Waals surface area contributed by atoms with Gasteiger partial charge in [0.25, 0.3) is 0 Å². The van der Waals surface area contributed by atoms with Crippen LogP contribution in [-0.2, 0) is 4.74 Å². The van der Waals surface area contributed by atoms with Gasteiger partial charge in [-0.1, -0.05) is 20.8 Å². The third-order valence-electron chi connectivity index (χ3n) is 3.33. The minimum absolute atomic E-state index is 0.315. The fourth-order valence-electron chi connectivity index (χ4n) is 2.03. The van der Waals surface area contributed by atoms with E-state index in [4.69, 9.17) is 10.5 Å². The lowest BCUT2D eigenvalue weighted by molar-refractivity contribution is 0.0300. The molecule has 1 aliphatic heterocycles. The van der Waals surface area contributed by atoms with Gasteiger partial charge in [-0.3, -0.25) is 4.99 Å². The molecule has 0 amide bonds. The molecule has 1 unspecified atom stereocenters. The quantitative estimate of drug-likeness (QED) is 0.560. The molecule has 1 fully saturated rings. The van der Waals surface area contributed by atoms with Crippen LogP contribution in [0.1, 0.15) is 33.6 Å². The lowest BCUT2D eigenvalue weighted by atomic mass is 10.00. The van der Waals surface area contributed by atoms with E-state index in [2.05, 4.69) is 30.7 Å². The van der Waals surface area contributed by atoms with Crippen molar-refractivity contribution < 1.29 is 9.84 Å². The summed E-state index contributed by atoms with van der Waals surface area (Å²) in [7, 11) is 0. The molecule has 19 heavy (non-hydrogen) atoms. The number of guanidine groups is 1. The highest BCUT2D eigenvalue weighted by Gasteiger charge is 2.17. The maximum absolute atomic E-state index is 9.75. The van der Waals surface area contributed by atoms with E-state index in [1.54, 1.807) is 0 Å². The Bertz CT molecular complexity index is 274. The number of ether oxygens (including phenoxy) is 1. The molecule has 1 heterocycles. The summed E-state index contributed by atoms with van der Waals surface area (Å²) in [6, 6.07) is 0. The van der Waals surface area contributed by atoms with Gasteiger partial charge in [0.05, 0.1) is 19.3 Å². The van der Waals surface area contributed by atoms with E-state index >= 15 is 0 Å². The lowest BCUT2D eigenvalue weighted by Crippen LogP contribution is -2.43. The number of hydrogen-bond acceptors (Lipinski definition) is 3. The highest BCUT2D eigenvalue weighted by atomic mass is 16.5. The molecular formula is C14H29N3O2. The fourth-order valence-corrected chi connectivity index (χ4v) is 2.03. The van der Waals surface area contributed by atoms with Crippen LogP contribution in [0, 0.1) is 11.8 Å². The molecule has 0 aromatic carbocycles. The van der Waals surface area contributed by atoms with Crippen molar-refractivity contribution in [3.05, 3.63) is 0 Å². The minimum Gasteiger partial charge on any atom is -0.389 e. The molecule has 0 aromatic rings. The number of piperidine rings is 1. The maximum Gasteiger partial charge on any atom is 0.191 e. The second-order valence-corrected chi connectivity index (χ2v) is 5.95. The van der Waals surface area contributed by atoms with Gasteiger partial charge < -0.3 is 20.5 Å². The minimum atomic E-state index is -0.569. The van der Waals surface area contributed by atoms with Crippen molar-refractivity contribution in [1.82, 2.24) is 4.90 Å². The van der Waals surface area contributed by atoms with Crippen molar-refractivity contribution in [3.63, 3.8) is 0 Å². The number of aliphatic imine (C=N–C) groups is 1. The van der Waals surface area contributed by atoms with Gasteiger partial charge in [0, 0.05) is 19.7 Å². The van der Waals surface area contributed by atoms with Crippen molar-refractivity contribution >= 4 is 5.96 Å². The third-order valence-corrected chi connectivity index (χ3v) is 3.33. The number of nitrogens with zero attached hydrogens (tertiary/aromatic N) is 2. The van der Waals surface area contributed by atoms with Gasteiger partial charge in [0.2, 0.25) is 0 Å². The average molecular weight is 271 g/mol. The Kier molecular flexibility index (Phi) is 7.16. The molecule has 1 atom stereocenters. The zero-order chi connectivity index (χ0) is 14.3. The third kappa shape index (κ3) is 6.78. The summed E-state index contributed by atoms with van der Waals surface area (Å²) in [5.74, 6) is 1.81. The lowest BCUT2D eigenvalue weighted by Gasteiger charge is -2.31. The van der Waals surface area contributed by atoms with E-state index in [9.17, 15) is 5.11 Å². The van der Waals surface area contributed by atoms with E-state index < -0.39 is 6.10 Å². The zero-order valence-corrected chi connectivity index (χ0v) is 12.5. The van der Waals surface area contributed by atoms with Gasteiger partial charge in [0.1, 0.15) is 0 Å². The van der Waals surface area contributed by atoms with Crippen LogP contribution >= 0.6 is 0 Å². The zero-order valence-electron chi connectivity index (χ0n) is 12.5. The number of aliphatic hydroxyl groups excluding tert-OH is 1. The number of nitrogens with two attached hydrogens (primary N) is 1. The first-order chi connectivity index (χ1) is 8.99. The first-order valence-electron chi connectivity index (χ1n) is 7.29. The standard InChI is InChI=1S/C14H29N3O2/c1-11(2)9-19-10-13(18)8-16-14(15)17-6-4-12(3)5-7-17/h11-13,18H,4-10H2,1-3H3,(H2,15,16). The summed E-state index contributed by atoms with van der Waals surface area (Å²) in [6.07, 6.45) is 1.76. The van der Waals surface area contributed by atoms with E-state index in [1.165, 1.54) is 0 Å². The molecular weight excluding hydrogens is 242 g/mol. The summed E-state index contributed by atoms with van der Waals surface area (Å²) in [4.78, 5) is 6.36. The SMILES string of the molecule is CC(C)COCC(O)CN=C(N)N1CCC(C)CC1. The largest absolute Gasteiger partial charge is 0.389 e. The predicted octanol–water partition coefficient (Wildman–Crippen LogP) is 1.07. The number of likely N-dealkylation sites (tertiary alicyclic amines) is 1. The molecule has 0 radical (unpaired) electrons. The van der Waals surface area contributed by atoms with Crippen molar-refractivity contribution in [2.24, 2.45) is 22.6 Å². The number of hydrogen-bond donors (Lipinski definition) is 2. The number of rotatable bonds is 6. The molecule has 5 nitrogen and oxygen atoms in total. The van der Waals surface area contributed by atoms with Gasteiger partial charge in [-0.15, -0.1) is 0 Å². The van der Waals surface area contributed by atoms with E-state index in [0.717, 1.165) is 31.8 Å². The molecule has 5 heteroatoms. The van der Waals surface area contributed by atoms with Crippen LogP contribution in [0.5, 0.6) is 0 Å². The normalized spacial score (nSPS) is 20.1. The molecule has 112 valence electrons. The molecule has 0 aliphatic carbocycles. The molecule has 3 N–H and O–H groups in total. The summed E-state index contributed by atoms with van der Waals surface area (Å²) in [5, 5.41) is 9.75. The predicted molar refractivity (Wildman–Crippen MR) is 78.1 cm³/mol. The van der Waals surface area contributed by atoms with Crippen LogP contribution in [-0.4, -0.2) is 54.9 Å². The summed E-state index contributed by atoms with van der Waals surface area (Å²) < 4.78 is 5.38. The first-order valence-corrected chi connectivity index (χ1v) is 7.29. The Balaban J connectivity index is 2.22. The molecule has 1 saturated heterocycles. The summed E-state index contributed by atoms with van der Waals surface area (Å²) in [6.45, 7) is 9.68. The van der Waals surface area contributed by atoms with Crippen LogP contribution in [0.3, 0.4) is 0 Å². The van der Waals surface area contributed by atoms with Gasteiger partial charge >= 0.3 is 0 Å². The summed E-state index contributed by atoms with van der Waals surface area (Å²) >= 11 is 0. The smallest absolute Gasteiger partial charge is 0.191 e. The Labute approximate surface area is 116 Å². The van der Waals surface area contributed by atoms with Crippen molar-refractivity contribution in [3.8, 4) is 0 Å². The van der Waals surface area contributed by atoms with Crippen molar-refractivity contribution in [2.45, 2.75) is 39.7 Å². The van der Waals surface area contributed by atoms with Gasteiger partial charge in [0.15, 0.2) is 5.96 Å². The van der Waals surface area contributed by atoms with Crippen LogP contribution in [0.15, 0.2) is 4.99 Å². The molecule has 1 rings (SSSR count). The highest BCUT2D eigenvalue weighted by Crippen LogP contribution is 2.15. The highest BCUT2D eigenvalue weighted by molar-refractivity contribution is 5.78. The monoisotopic (exact) mass is 271 g/mol. The van der Waals surface area contributed by atoms with Crippen LogP contribution in [0.2, 0.25) is 0 Å². The van der Waals surface area contributed by atoms with Gasteiger partial charge in [-0.25, -0.2) is 0 Å². The van der Waals surface area contributed by atoms with E-state index in [0.29, 0.717) is 31.6 Å².